The summed E-state index contributed by atoms with van der Waals surface area (Å²) in [6.07, 6.45) is -2.69. The van der Waals surface area contributed by atoms with Crippen LogP contribution in [0.3, 0.4) is 0 Å². The molecule has 0 saturated carbocycles. The second kappa shape index (κ2) is 5.59. The average molecular weight is 293 g/mol. The van der Waals surface area contributed by atoms with Gasteiger partial charge < -0.3 is 10.2 Å². The third kappa shape index (κ3) is 3.34. The molecule has 1 aliphatic heterocycles. The van der Waals surface area contributed by atoms with E-state index in [1.165, 1.54) is 12.1 Å². The molecule has 0 bridgehead atoms. The molecule has 1 aliphatic rings. The summed E-state index contributed by atoms with van der Waals surface area (Å²) >= 11 is 5.68. The first-order valence-electron chi connectivity index (χ1n) is 6.21. The highest BCUT2D eigenvalue weighted by Crippen LogP contribution is 2.38. The summed E-state index contributed by atoms with van der Waals surface area (Å²) in [5.41, 5.74) is -0.422. The van der Waals surface area contributed by atoms with Gasteiger partial charge in [0, 0.05) is 29.8 Å². The van der Waals surface area contributed by atoms with Crippen molar-refractivity contribution < 1.29 is 13.2 Å². The fourth-order valence-electron chi connectivity index (χ4n) is 2.42. The van der Waals surface area contributed by atoms with Gasteiger partial charge in [-0.15, -0.1) is 0 Å². The average Bonchev–Trinajstić information content (AvgIpc) is 2.38. The Kier molecular flexibility index (Phi) is 4.26. The molecule has 0 spiro atoms. The monoisotopic (exact) mass is 292 g/mol. The number of anilines is 1. The fraction of sp³-hybridized carbons (Fsp3) is 0.538. The van der Waals surface area contributed by atoms with E-state index in [0.717, 1.165) is 18.9 Å². The summed E-state index contributed by atoms with van der Waals surface area (Å²) in [4.78, 5) is 1.78. The van der Waals surface area contributed by atoms with Crippen LogP contribution >= 0.6 is 11.6 Å². The van der Waals surface area contributed by atoms with E-state index in [4.69, 9.17) is 11.6 Å². The van der Waals surface area contributed by atoms with Gasteiger partial charge >= 0.3 is 6.18 Å². The van der Waals surface area contributed by atoms with Crippen LogP contribution in [0.1, 0.15) is 18.4 Å². The predicted octanol–water partition coefficient (Wildman–Crippen LogP) is 3.55. The van der Waals surface area contributed by atoms with Gasteiger partial charge in [0.25, 0.3) is 0 Å². The minimum atomic E-state index is -4.37. The normalized spacial score (nSPS) is 17.8. The molecule has 1 aromatic carbocycles. The van der Waals surface area contributed by atoms with Crippen LogP contribution in [0, 0.1) is 0 Å². The standard InChI is InChI=1S/C13H16ClF3N2/c1-18-10-4-6-19(7-5-10)12-3-2-9(14)8-11(12)13(15,16)17/h2-3,8,10,18H,4-7H2,1H3. The molecule has 19 heavy (non-hydrogen) atoms. The highest BCUT2D eigenvalue weighted by molar-refractivity contribution is 6.30. The number of nitrogens with zero attached hydrogens (tertiary/aromatic N) is 1. The summed E-state index contributed by atoms with van der Waals surface area (Å²) in [5.74, 6) is 0. The van der Waals surface area contributed by atoms with E-state index < -0.39 is 11.7 Å². The molecule has 1 fully saturated rings. The lowest BCUT2D eigenvalue weighted by Crippen LogP contribution is -2.41. The number of hydrogen-bond donors (Lipinski definition) is 1. The van der Waals surface area contributed by atoms with Gasteiger partial charge in [-0.1, -0.05) is 11.6 Å². The fourth-order valence-corrected chi connectivity index (χ4v) is 2.59. The largest absolute Gasteiger partial charge is 0.418 e. The molecule has 2 nitrogen and oxygen atoms in total. The van der Waals surface area contributed by atoms with E-state index in [-0.39, 0.29) is 10.7 Å². The number of piperidine rings is 1. The topological polar surface area (TPSA) is 15.3 Å². The summed E-state index contributed by atoms with van der Waals surface area (Å²) in [7, 11) is 1.88. The quantitative estimate of drug-likeness (QED) is 0.897. The van der Waals surface area contributed by atoms with Gasteiger partial charge in [-0.2, -0.15) is 13.2 Å². The highest BCUT2D eigenvalue weighted by atomic mass is 35.5. The Morgan fingerprint density at radius 2 is 1.89 bits per heavy atom. The Morgan fingerprint density at radius 3 is 2.42 bits per heavy atom. The van der Waals surface area contributed by atoms with Crippen LogP contribution in [0.15, 0.2) is 18.2 Å². The van der Waals surface area contributed by atoms with Crippen molar-refractivity contribution in [3.05, 3.63) is 28.8 Å². The molecule has 0 amide bonds. The Morgan fingerprint density at radius 1 is 1.26 bits per heavy atom. The van der Waals surface area contributed by atoms with Crippen molar-refractivity contribution in [2.24, 2.45) is 0 Å². The van der Waals surface area contributed by atoms with Crippen LogP contribution in [0.2, 0.25) is 5.02 Å². The zero-order valence-electron chi connectivity index (χ0n) is 10.6. The van der Waals surface area contributed by atoms with Gasteiger partial charge in [-0.05, 0) is 38.1 Å². The van der Waals surface area contributed by atoms with Crippen LogP contribution in [-0.4, -0.2) is 26.2 Å². The van der Waals surface area contributed by atoms with E-state index in [1.807, 2.05) is 7.05 Å². The SMILES string of the molecule is CNC1CCN(c2ccc(Cl)cc2C(F)(F)F)CC1. The molecule has 1 N–H and O–H groups in total. The summed E-state index contributed by atoms with van der Waals surface area (Å²) in [5, 5.41) is 3.27. The molecule has 0 unspecified atom stereocenters. The summed E-state index contributed by atoms with van der Waals surface area (Å²) in [6, 6.07) is 4.36. The van der Waals surface area contributed by atoms with Crippen LogP contribution < -0.4 is 10.2 Å². The number of nitrogens with one attached hydrogen (secondary N) is 1. The van der Waals surface area contributed by atoms with Crippen LogP contribution in [0.25, 0.3) is 0 Å². The molecule has 0 aliphatic carbocycles. The number of benzene rings is 1. The molecule has 0 radical (unpaired) electrons. The lowest BCUT2D eigenvalue weighted by Gasteiger charge is -2.35. The zero-order valence-corrected chi connectivity index (χ0v) is 11.4. The van der Waals surface area contributed by atoms with Gasteiger partial charge in [-0.3, -0.25) is 0 Å². The number of halogens is 4. The van der Waals surface area contributed by atoms with Crippen LogP contribution in [-0.2, 0) is 6.18 Å². The van der Waals surface area contributed by atoms with Crippen molar-refractivity contribution in [1.82, 2.24) is 5.32 Å². The van der Waals surface area contributed by atoms with Crippen molar-refractivity contribution >= 4 is 17.3 Å². The molecule has 1 aromatic rings. The van der Waals surface area contributed by atoms with E-state index in [1.54, 1.807) is 4.90 Å². The van der Waals surface area contributed by atoms with Gasteiger partial charge in [0.15, 0.2) is 0 Å². The summed E-state index contributed by atoms with van der Waals surface area (Å²) in [6.45, 7) is 1.24. The van der Waals surface area contributed by atoms with Gasteiger partial charge in [0.2, 0.25) is 0 Å². The maximum atomic E-state index is 13.0. The molecule has 1 saturated heterocycles. The van der Waals surface area contributed by atoms with Crippen molar-refractivity contribution in [2.75, 3.05) is 25.0 Å². The lowest BCUT2D eigenvalue weighted by molar-refractivity contribution is -0.137. The second-order valence-corrected chi connectivity index (χ2v) is 5.15. The van der Waals surface area contributed by atoms with Gasteiger partial charge in [0.1, 0.15) is 0 Å². The first-order chi connectivity index (χ1) is 8.91. The molecule has 106 valence electrons. The van der Waals surface area contributed by atoms with E-state index in [0.29, 0.717) is 19.1 Å². The van der Waals surface area contributed by atoms with Crippen LogP contribution in [0.5, 0.6) is 0 Å². The molecule has 0 aromatic heterocycles. The highest BCUT2D eigenvalue weighted by Gasteiger charge is 2.35. The van der Waals surface area contributed by atoms with E-state index >= 15 is 0 Å². The first-order valence-corrected chi connectivity index (χ1v) is 6.58. The molecular formula is C13H16ClF3N2. The van der Waals surface area contributed by atoms with Crippen molar-refractivity contribution in [2.45, 2.75) is 25.1 Å². The maximum Gasteiger partial charge on any atom is 0.418 e. The van der Waals surface area contributed by atoms with Gasteiger partial charge in [0.05, 0.1) is 5.56 Å². The van der Waals surface area contributed by atoms with E-state index in [2.05, 4.69) is 5.32 Å². The molecule has 1 heterocycles. The Balaban J connectivity index is 2.25. The first kappa shape index (κ1) is 14.5. The predicted molar refractivity (Wildman–Crippen MR) is 70.7 cm³/mol. The Hall–Kier alpha value is -0.940. The van der Waals surface area contributed by atoms with E-state index in [9.17, 15) is 13.2 Å². The Bertz CT molecular complexity index is 440. The number of hydrogen-bond acceptors (Lipinski definition) is 2. The Labute approximate surface area is 115 Å². The molecule has 6 heteroatoms. The number of alkyl halides is 3. The lowest BCUT2D eigenvalue weighted by atomic mass is 10.0. The minimum absolute atomic E-state index is 0.112. The smallest absolute Gasteiger partial charge is 0.371 e. The van der Waals surface area contributed by atoms with Crippen LogP contribution in [0.4, 0.5) is 18.9 Å². The van der Waals surface area contributed by atoms with Crippen molar-refractivity contribution in [3.63, 3.8) is 0 Å². The third-order valence-corrected chi connectivity index (χ3v) is 3.74. The zero-order chi connectivity index (χ0) is 14.0. The summed E-state index contributed by atoms with van der Waals surface area (Å²) < 4.78 is 39.1. The minimum Gasteiger partial charge on any atom is -0.371 e. The second-order valence-electron chi connectivity index (χ2n) is 4.71. The molecular weight excluding hydrogens is 277 g/mol. The molecule has 0 atom stereocenters. The van der Waals surface area contributed by atoms with Crippen molar-refractivity contribution in [1.29, 1.82) is 0 Å². The van der Waals surface area contributed by atoms with Crippen molar-refractivity contribution in [3.8, 4) is 0 Å². The third-order valence-electron chi connectivity index (χ3n) is 3.51. The number of rotatable bonds is 2. The maximum absolute atomic E-state index is 13.0. The van der Waals surface area contributed by atoms with Gasteiger partial charge in [-0.25, -0.2) is 0 Å². The molecule has 2 rings (SSSR count).